The van der Waals surface area contributed by atoms with Crippen LogP contribution in [0.3, 0.4) is 0 Å². The lowest BCUT2D eigenvalue weighted by atomic mass is 10.0. The van der Waals surface area contributed by atoms with Gasteiger partial charge in [0.2, 0.25) is 0 Å². The van der Waals surface area contributed by atoms with Gasteiger partial charge >= 0.3 is 0 Å². The minimum absolute atomic E-state index is 1.11. The maximum Gasteiger partial charge on any atom is 0.0560 e. The van der Waals surface area contributed by atoms with Crippen LogP contribution in [0.2, 0.25) is 0 Å². The number of hydrogen-bond acceptors (Lipinski definition) is 1. The van der Waals surface area contributed by atoms with E-state index in [-0.39, 0.29) is 0 Å². The lowest BCUT2D eigenvalue weighted by Crippen LogP contribution is -1.94. The molecule has 0 heterocycles. The van der Waals surface area contributed by atoms with Crippen molar-refractivity contribution >= 4 is 28.6 Å². The van der Waals surface area contributed by atoms with Gasteiger partial charge in [0.25, 0.3) is 0 Å². The van der Waals surface area contributed by atoms with E-state index < -0.39 is 0 Å². The van der Waals surface area contributed by atoms with E-state index in [0.717, 1.165) is 12.8 Å². The summed E-state index contributed by atoms with van der Waals surface area (Å²) in [5.74, 6) is 0. The normalized spacial score (nSPS) is 9.92. The molecule has 0 aliphatic heterocycles. The first kappa shape index (κ1) is 9.84. The molecule has 0 amide bonds. The number of rotatable bonds is 3. The molecule has 0 atom stereocenters. The Balaban J connectivity index is 3.13. The molecule has 0 fully saturated rings. The average molecular weight is 275 g/mol. The fourth-order valence-electron chi connectivity index (χ4n) is 1.47. The Labute approximate surface area is 88.1 Å². The number of benzene rings is 1. The molecule has 1 N–H and O–H groups in total. The first-order chi connectivity index (χ1) is 5.83. The standard InChI is InChI=1S/C10H14IN/c1-3-8-6-5-7-10(12-11)9(8)4-2/h5-7,12H,3-4H2,1-2H3. The van der Waals surface area contributed by atoms with Crippen molar-refractivity contribution < 1.29 is 0 Å². The zero-order chi connectivity index (χ0) is 8.97. The van der Waals surface area contributed by atoms with E-state index >= 15 is 0 Å². The maximum absolute atomic E-state index is 3.19. The lowest BCUT2D eigenvalue weighted by Gasteiger charge is -2.10. The molecule has 0 radical (unpaired) electrons. The maximum atomic E-state index is 3.19. The van der Waals surface area contributed by atoms with Crippen molar-refractivity contribution in [1.82, 2.24) is 0 Å². The van der Waals surface area contributed by atoms with Crippen LogP contribution in [0.5, 0.6) is 0 Å². The highest BCUT2D eigenvalue weighted by Crippen LogP contribution is 2.22. The largest absolute Gasteiger partial charge is 0.328 e. The molecule has 12 heavy (non-hydrogen) atoms. The van der Waals surface area contributed by atoms with E-state index in [9.17, 15) is 0 Å². The van der Waals surface area contributed by atoms with Crippen LogP contribution in [0, 0.1) is 0 Å². The van der Waals surface area contributed by atoms with Gasteiger partial charge in [0.15, 0.2) is 0 Å². The van der Waals surface area contributed by atoms with Gasteiger partial charge in [-0.2, -0.15) is 0 Å². The Hall–Kier alpha value is -0.250. The fraction of sp³-hybridized carbons (Fsp3) is 0.400. The molecule has 1 nitrogen and oxygen atoms in total. The van der Waals surface area contributed by atoms with Gasteiger partial charge in [-0.1, -0.05) is 26.0 Å². The molecule has 66 valence electrons. The zero-order valence-corrected chi connectivity index (χ0v) is 9.68. The summed E-state index contributed by atoms with van der Waals surface area (Å²) < 4.78 is 3.19. The van der Waals surface area contributed by atoms with Crippen LogP contribution in [0.15, 0.2) is 18.2 Å². The minimum atomic E-state index is 1.11. The van der Waals surface area contributed by atoms with Crippen molar-refractivity contribution in [3.05, 3.63) is 29.3 Å². The summed E-state index contributed by atoms with van der Waals surface area (Å²) in [7, 11) is 0. The van der Waals surface area contributed by atoms with Crippen LogP contribution in [-0.4, -0.2) is 0 Å². The SMILES string of the molecule is CCc1cccc(NI)c1CC. The highest BCUT2D eigenvalue weighted by atomic mass is 127. The molecule has 0 spiro atoms. The van der Waals surface area contributed by atoms with E-state index in [1.807, 2.05) is 0 Å². The molecular formula is C10H14IN. The van der Waals surface area contributed by atoms with Crippen LogP contribution in [0.1, 0.15) is 25.0 Å². The van der Waals surface area contributed by atoms with Crippen molar-refractivity contribution in [2.24, 2.45) is 0 Å². The van der Waals surface area contributed by atoms with Gasteiger partial charge in [0, 0.05) is 5.69 Å². The van der Waals surface area contributed by atoms with Gasteiger partial charge < -0.3 is 3.53 Å². The van der Waals surface area contributed by atoms with Crippen LogP contribution in [0.4, 0.5) is 5.69 Å². The summed E-state index contributed by atoms with van der Waals surface area (Å²) in [6.07, 6.45) is 2.23. The van der Waals surface area contributed by atoms with E-state index in [1.54, 1.807) is 0 Å². The van der Waals surface area contributed by atoms with E-state index in [2.05, 4.69) is 58.4 Å². The first-order valence-corrected chi connectivity index (χ1v) is 5.38. The predicted octanol–water partition coefficient (Wildman–Crippen LogP) is 3.57. The Bertz CT molecular complexity index is 236. The van der Waals surface area contributed by atoms with Crippen molar-refractivity contribution in [2.75, 3.05) is 3.53 Å². The Morgan fingerprint density at radius 1 is 1.25 bits per heavy atom. The zero-order valence-electron chi connectivity index (χ0n) is 7.52. The summed E-state index contributed by atoms with van der Waals surface area (Å²) >= 11 is 2.19. The number of anilines is 1. The van der Waals surface area contributed by atoms with Gasteiger partial charge in [-0.15, -0.1) is 0 Å². The molecule has 0 saturated carbocycles. The van der Waals surface area contributed by atoms with Crippen molar-refractivity contribution in [1.29, 1.82) is 0 Å². The Kier molecular flexibility index (Phi) is 3.85. The second kappa shape index (κ2) is 4.70. The van der Waals surface area contributed by atoms with Crippen LogP contribution in [-0.2, 0) is 12.8 Å². The fourth-order valence-corrected chi connectivity index (χ4v) is 1.98. The summed E-state index contributed by atoms with van der Waals surface area (Å²) in [5, 5.41) is 0. The molecular weight excluding hydrogens is 261 g/mol. The molecule has 1 rings (SSSR count). The molecule has 1 aromatic carbocycles. The van der Waals surface area contributed by atoms with Gasteiger partial charge in [-0.25, -0.2) is 0 Å². The molecule has 0 unspecified atom stereocenters. The number of aryl methyl sites for hydroxylation is 1. The monoisotopic (exact) mass is 275 g/mol. The highest BCUT2D eigenvalue weighted by molar-refractivity contribution is 14.1. The third-order valence-corrected chi connectivity index (χ3v) is 2.69. The highest BCUT2D eigenvalue weighted by Gasteiger charge is 2.02. The predicted molar refractivity (Wildman–Crippen MR) is 62.8 cm³/mol. The number of hydrogen-bond donors (Lipinski definition) is 1. The topological polar surface area (TPSA) is 12.0 Å². The molecule has 0 aliphatic carbocycles. The molecule has 0 bridgehead atoms. The third-order valence-electron chi connectivity index (χ3n) is 2.11. The second-order valence-corrected chi connectivity index (χ2v) is 3.28. The Morgan fingerprint density at radius 2 is 2.00 bits per heavy atom. The Morgan fingerprint density at radius 3 is 2.50 bits per heavy atom. The molecule has 0 aromatic heterocycles. The molecule has 1 aromatic rings. The van der Waals surface area contributed by atoms with Gasteiger partial charge in [-0.3, -0.25) is 0 Å². The summed E-state index contributed by atoms with van der Waals surface area (Å²) in [5.41, 5.74) is 4.17. The minimum Gasteiger partial charge on any atom is -0.328 e. The second-order valence-electron chi connectivity index (χ2n) is 2.74. The van der Waals surface area contributed by atoms with Gasteiger partial charge in [-0.05, 0) is 30.0 Å². The quantitative estimate of drug-likeness (QED) is 0.656. The average Bonchev–Trinajstić information content (AvgIpc) is 2.16. The van der Waals surface area contributed by atoms with Crippen LogP contribution < -0.4 is 3.53 Å². The van der Waals surface area contributed by atoms with Gasteiger partial charge in [0.1, 0.15) is 0 Å². The van der Waals surface area contributed by atoms with Crippen molar-refractivity contribution in [3.8, 4) is 0 Å². The van der Waals surface area contributed by atoms with Crippen LogP contribution >= 0.6 is 22.9 Å². The summed E-state index contributed by atoms with van der Waals surface area (Å²) in [6, 6.07) is 6.44. The number of nitrogens with one attached hydrogen (secondary N) is 1. The van der Waals surface area contributed by atoms with E-state index in [1.165, 1.54) is 16.8 Å². The van der Waals surface area contributed by atoms with Crippen molar-refractivity contribution in [3.63, 3.8) is 0 Å². The summed E-state index contributed by atoms with van der Waals surface area (Å²) in [6.45, 7) is 4.40. The van der Waals surface area contributed by atoms with E-state index in [0.29, 0.717) is 0 Å². The molecule has 0 saturated heterocycles. The first-order valence-electron chi connectivity index (χ1n) is 4.30. The van der Waals surface area contributed by atoms with E-state index in [4.69, 9.17) is 0 Å². The van der Waals surface area contributed by atoms with Crippen LogP contribution in [0.25, 0.3) is 0 Å². The molecule has 2 heteroatoms. The number of halogens is 1. The third kappa shape index (κ3) is 1.91. The van der Waals surface area contributed by atoms with Crippen molar-refractivity contribution in [2.45, 2.75) is 26.7 Å². The lowest BCUT2D eigenvalue weighted by molar-refractivity contribution is 1.04. The summed E-state index contributed by atoms with van der Waals surface area (Å²) in [4.78, 5) is 0. The molecule has 0 aliphatic rings. The smallest absolute Gasteiger partial charge is 0.0560 e. The van der Waals surface area contributed by atoms with Gasteiger partial charge in [0.05, 0.1) is 22.9 Å².